The fourth-order valence-corrected chi connectivity index (χ4v) is 4.19. The summed E-state index contributed by atoms with van der Waals surface area (Å²) in [5.74, 6) is 0.765. The molecular formula is C26H39NO3. The maximum atomic E-state index is 10.4. The summed E-state index contributed by atoms with van der Waals surface area (Å²) >= 11 is 0. The van der Waals surface area contributed by atoms with Crippen LogP contribution in [0.25, 0.3) is 0 Å². The average molecular weight is 414 g/mol. The zero-order valence-corrected chi connectivity index (χ0v) is 19.3. The minimum Gasteiger partial charge on any atom is -0.491 e. The molecule has 0 heterocycles. The molecule has 0 aromatic heterocycles. The van der Waals surface area contributed by atoms with Crippen LogP contribution >= 0.6 is 0 Å². The summed E-state index contributed by atoms with van der Waals surface area (Å²) in [6.45, 7) is 13.3. The predicted molar refractivity (Wildman–Crippen MR) is 124 cm³/mol. The Bertz CT molecular complexity index is 735. The minimum absolute atomic E-state index is 0.0617. The Balaban J connectivity index is 1.88. The molecule has 0 amide bonds. The van der Waals surface area contributed by atoms with Crippen molar-refractivity contribution in [1.82, 2.24) is 4.90 Å². The Labute approximate surface area is 182 Å². The van der Waals surface area contributed by atoms with Crippen molar-refractivity contribution in [3.63, 3.8) is 0 Å². The van der Waals surface area contributed by atoms with Crippen LogP contribution in [-0.2, 0) is 12.0 Å². The SMILES string of the molecule is CC(C)(C)CC(C)(C)c1ccc(OCC(O)CN(CCO)Cc2ccccc2)cc1. The van der Waals surface area contributed by atoms with Gasteiger partial charge in [0.2, 0.25) is 0 Å². The number of hydrogen-bond donors (Lipinski definition) is 2. The molecule has 0 radical (unpaired) electrons. The first-order chi connectivity index (χ1) is 14.1. The molecule has 0 aliphatic heterocycles. The number of benzene rings is 2. The van der Waals surface area contributed by atoms with Crippen molar-refractivity contribution < 1.29 is 14.9 Å². The Morgan fingerprint density at radius 3 is 2.13 bits per heavy atom. The largest absolute Gasteiger partial charge is 0.491 e. The van der Waals surface area contributed by atoms with Crippen LogP contribution in [0.2, 0.25) is 0 Å². The number of nitrogens with zero attached hydrogens (tertiary/aromatic N) is 1. The Morgan fingerprint density at radius 1 is 0.933 bits per heavy atom. The van der Waals surface area contributed by atoms with Gasteiger partial charge in [-0.25, -0.2) is 0 Å². The summed E-state index contributed by atoms with van der Waals surface area (Å²) in [5.41, 5.74) is 2.82. The molecule has 0 aliphatic carbocycles. The number of hydrogen-bond acceptors (Lipinski definition) is 4. The highest BCUT2D eigenvalue weighted by Gasteiger charge is 2.27. The van der Waals surface area contributed by atoms with Gasteiger partial charge in [-0.05, 0) is 40.5 Å². The van der Waals surface area contributed by atoms with Crippen molar-refractivity contribution in [2.45, 2.75) is 59.1 Å². The third-order valence-corrected chi connectivity index (χ3v) is 5.18. The van der Waals surface area contributed by atoms with E-state index in [0.717, 1.165) is 17.7 Å². The van der Waals surface area contributed by atoms with Crippen LogP contribution in [0.1, 0.15) is 52.2 Å². The Morgan fingerprint density at radius 2 is 1.57 bits per heavy atom. The summed E-state index contributed by atoms with van der Waals surface area (Å²) in [4.78, 5) is 2.04. The van der Waals surface area contributed by atoms with Gasteiger partial charge < -0.3 is 14.9 Å². The van der Waals surface area contributed by atoms with Gasteiger partial charge in [0.15, 0.2) is 0 Å². The Hall–Kier alpha value is -1.88. The van der Waals surface area contributed by atoms with E-state index in [0.29, 0.717) is 19.6 Å². The van der Waals surface area contributed by atoms with Crippen LogP contribution in [0.3, 0.4) is 0 Å². The highest BCUT2D eigenvalue weighted by molar-refractivity contribution is 5.31. The van der Waals surface area contributed by atoms with Gasteiger partial charge in [-0.15, -0.1) is 0 Å². The number of ether oxygens (including phenoxy) is 1. The van der Waals surface area contributed by atoms with E-state index in [2.05, 4.69) is 58.9 Å². The second kappa shape index (κ2) is 10.9. The topological polar surface area (TPSA) is 52.9 Å². The maximum Gasteiger partial charge on any atom is 0.119 e. The van der Waals surface area contributed by atoms with Crippen molar-refractivity contribution in [3.05, 3.63) is 65.7 Å². The quantitative estimate of drug-likeness (QED) is 0.564. The fraction of sp³-hybridized carbons (Fsp3) is 0.538. The molecule has 4 heteroatoms. The van der Waals surface area contributed by atoms with E-state index in [1.807, 2.05) is 35.2 Å². The van der Waals surface area contributed by atoms with Crippen molar-refractivity contribution in [2.75, 3.05) is 26.3 Å². The highest BCUT2D eigenvalue weighted by Crippen LogP contribution is 2.36. The molecule has 4 nitrogen and oxygen atoms in total. The molecule has 0 aliphatic rings. The summed E-state index contributed by atoms with van der Waals surface area (Å²) in [5, 5.41) is 19.8. The minimum atomic E-state index is -0.628. The monoisotopic (exact) mass is 413 g/mol. The molecule has 2 aromatic carbocycles. The van der Waals surface area contributed by atoms with E-state index in [-0.39, 0.29) is 24.0 Å². The number of rotatable bonds is 11. The number of aliphatic hydroxyl groups is 2. The lowest BCUT2D eigenvalue weighted by molar-refractivity contribution is 0.0590. The molecule has 0 bridgehead atoms. The zero-order chi connectivity index (χ0) is 22.2. The molecule has 0 saturated carbocycles. The second-order valence-corrected chi connectivity index (χ2v) is 10.1. The normalized spacial score (nSPS) is 13.5. The van der Waals surface area contributed by atoms with Crippen LogP contribution in [0.4, 0.5) is 0 Å². The molecule has 2 N–H and O–H groups in total. The first kappa shape index (κ1) is 24.4. The van der Waals surface area contributed by atoms with Crippen molar-refractivity contribution >= 4 is 0 Å². The van der Waals surface area contributed by atoms with Gasteiger partial charge in [-0.3, -0.25) is 4.90 Å². The van der Waals surface area contributed by atoms with E-state index in [1.54, 1.807) is 0 Å². The molecule has 1 unspecified atom stereocenters. The second-order valence-electron chi connectivity index (χ2n) is 10.1. The first-order valence-electron chi connectivity index (χ1n) is 10.9. The first-order valence-corrected chi connectivity index (χ1v) is 10.9. The zero-order valence-electron chi connectivity index (χ0n) is 19.3. The van der Waals surface area contributed by atoms with E-state index in [1.165, 1.54) is 5.56 Å². The van der Waals surface area contributed by atoms with E-state index in [4.69, 9.17) is 4.74 Å². The van der Waals surface area contributed by atoms with Crippen LogP contribution in [0, 0.1) is 5.41 Å². The average Bonchev–Trinajstić information content (AvgIpc) is 2.66. The standard InChI is InChI=1S/C26H39NO3/c1-25(2,3)20-26(4,5)22-11-13-24(14-12-22)30-19-23(29)18-27(15-16-28)17-21-9-7-6-8-10-21/h6-14,23,28-29H,15-20H2,1-5H3. The van der Waals surface area contributed by atoms with Crippen LogP contribution in [-0.4, -0.2) is 47.5 Å². The summed E-state index contributed by atoms with van der Waals surface area (Å²) in [6.07, 6.45) is 0.471. The molecular weight excluding hydrogens is 374 g/mol. The van der Waals surface area contributed by atoms with Gasteiger partial charge in [-0.1, -0.05) is 77.1 Å². The van der Waals surface area contributed by atoms with Gasteiger partial charge in [0, 0.05) is 19.6 Å². The molecule has 1 atom stereocenters. The smallest absolute Gasteiger partial charge is 0.119 e. The van der Waals surface area contributed by atoms with Crippen LogP contribution in [0.15, 0.2) is 54.6 Å². The summed E-state index contributed by atoms with van der Waals surface area (Å²) in [7, 11) is 0. The van der Waals surface area contributed by atoms with E-state index < -0.39 is 6.10 Å². The molecule has 0 saturated heterocycles. The maximum absolute atomic E-state index is 10.4. The van der Waals surface area contributed by atoms with Gasteiger partial charge >= 0.3 is 0 Å². The fourth-order valence-electron chi connectivity index (χ4n) is 4.19. The van der Waals surface area contributed by atoms with E-state index >= 15 is 0 Å². The molecule has 166 valence electrons. The van der Waals surface area contributed by atoms with Gasteiger partial charge in [0.25, 0.3) is 0 Å². The highest BCUT2D eigenvalue weighted by atomic mass is 16.5. The molecule has 2 rings (SSSR count). The van der Waals surface area contributed by atoms with E-state index in [9.17, 15) is 10.2 Å². The lowest BCUT2D eigenvalue weighted by Gasteiger charge is -2.33. The lowest BCUT2D eigenvalue weighted by Crippen LogP contribution is -2.37. The summed E-state index contributed by atoms with van der Waals surface area (Å²) < 4.78 is 5.83. The number of aliphatic hydroxyl groups excluding tert-OH is 2. The molecule has 30 heavy (non-hydrogen) atoms. The molecule has 2 aromatic rings. The van der Waals surface area contributed by atoms with Crippen LogP contribution < -0.4 is 4.74 Å². The van der Waals surface area contributed by atoms with Gasteiger partial charge in [0.05, 0.1) is 6.61 Å². The van der Waals surface area contributed by atoms with Gasteiger partial charge in [-0.2, -0.15) is 0 Å². The molecule has 0 spiro atoms. The van der Waals surface area contributed by atoms with Crippen molar-refractivity contribution in [2.24, 2.45) is 5.41 Å². The third-order valence-electron chi connectivity index (χ3n) is 5.18. The van der Waals surface area contributed by atoms with Crippen molar-refractivity contribution in [3.8, 4) is 5.75 Å². The Kier molecular flexibility index (Phi) is 8.90. The van der Waals surface area contributed by atoms with Crippen molar-refractivity contribution in [1.29, 1.82) is 0 Å². The lowest BCUT2D eigenvalue weighted by atomic mass is 9.72. The third kappa shape index (κ3) is 8.47. The molecule has 0 fully saturated rings. The summed E-state index contributed by atoms with van der Waals surface area (Å²) in [6, 6.07) is 18.3. The predicted octanol–water partition coefficient (Wildman–Crippen LogP) is 4.63. The van der Waals surface area contributed by atoms with Gasteiger partial charge in [0.1, 0.15) is 18.5 Å². The van der Waals surface area contributed by atoms with Crippen LogP contribution in [0.5, 0.6) is 5.75 Å².